The highest BCUT2D eigenvalue weighted by Crippen LogP contribution is 2.30. The number of hydrogen-bond donors (Lipinski definition) is 1. The molecule has 1 aliphatic rings. The van der Waals surface area contributed by atoms with Crippen LogP contribution in [-0.2, 0) is 16.0 Å². The fraction of sp³-hybridized carbons (Fsp3) is 0.227. The van der Waals surface area contributed by atoms with Crippen molar-refractivity contribution >= 4 is 23.3 Å². The van der Waals surface area contributed by atoms with E-state index < -0.39 is 23.4 Å². The summed E-state index contributed by atoms with van der Waals surface area (Å²) >= 11 is 0. The zero-order valence-electron chi connectivity index (χ0n) is 17.2. The summed E-state index contributed by atoms with van der Waals surface area (Å²) in [6.07, 6.45) is 2.89. The summed E-state index contributed by atoms with van der Waals surface area (Å²) in [7, 11) is 0. The molecule has 0 radical (unpaired) electrons. The summed E-state index contributed by atoms with van der Waals surface area (Å²) in [4.78, 5) is 51.5. The first-order chi connectivity index (χ1) is 15.3. The lowest BCUT2D eigenvalue weighted by molar-refractivity contribution is -0.384. The Hall–Kier alpha value is -4.21. The van der Waals surface area contributed by atoms with Crippen LogP contribution in [0, 0.1) is 17.0 Å². The summed E-state index contributed by atoms with van der Waals surface area (Å²) in [5, 5.41) is 11.0. The number of aromatic nitrogens is 2. The molecule has 164 valence electrons. The van der Waals surface area contributed by atoms with Gasteiger partial charge in [0.25, 0.3) is 11.6 Å². The normalized spacial score (nSPS) is 12.8. The first-order valence-corrected chi connectivity index (χ1v) is 9.97. The van der Waals surface area contributed by atoms with Crippen molar-refractivity contribution in [3.63, 3.8) is 0 Å². The summed E-state index contributed by atoms with van der Waals surface area (Å²) < 4.78 is 6.65. The smallest absolute Gasteiger partial charge is 0.338 e. The van der Waals surface area contributed by atoms with E-state index in [-0.39, 0.29) is 16.9 Å². The number of fused-ring (bicyclic) bond motifs is 1. The monoisotopic (exact) mass is 436 g/mol. The fourth-order valence-corrected chi connectivity index (χ4v) is 3.77. The van der Waals surface area contributed by atoms with Gasteiger partial charge in [-0.05, 0) is 55.7 Å². The lowest BCUT2D eigenvalue weighted by Gasteiger charge is -2.29. The third-order valence-corrected chi connectivity index (χ3v) is 5.34. The lowest BCUT2D eigenvalue weighted by atomic mass is 10.0. The zero-order valence-corrected chi connectivity index (χ0v) is 17.2. The number of non-ortho nitro benzene ring substituents is 1. The molecule has 1 N–H and O–H groups in total. The number of hydrogen-bond acceptors (Lipinski definition) is 6. The summed E-state index contributed by atoms with van der Waals surface area (Å²) in [6, 6.07) is 10.7. The van der Waals surface area contributed by atoms with Crippen molar-refractivity contribution in [3.8, 4) is 5.69 Å². The van der Waals surface area contributed by atoms with Gasteiger partial charge in [-0.15, -0.1) is 0 Å². The van der Waals surface area contributed by atoms with Gasteiger partial charge in [-0.25, -0.2) is 9.59 Å². The second kappa shape index (κ2) is 8.50. The quantitative estimate of drug-likeness (QED) is 0.372. The molecule has 1 aromatic heterocycles. The number of H-pyrrole nitrogens is 1. The van der Waals surface area contributed by atoms with Crippen LogP contribution in [0.2, 0.25) is 0 Å². The number of benzene rings is 2. The van der Waals surface area contributed by atoms with E-state index in [9.17, 15) is 24.5 Å². The van der Waals surface area contributed by atoms with Gasteiger partial charge in [0.15, 0.2) is 6.61 Å². The molecule has 10 nitrogen and oxygen atoms in total. The molecule has 10 heteroatoms. The number of nitro groups is 1. The second-order valence-corrected chi connectivity index (χ2v) is 7.41. The first kappa shape index (κ1) is 21.0. The van der Waals surface area contributed by atoms with Gasteiger partial charge in [0, 0.05) is 36.3 Å². The Morgan fingerprint density at radius 1 is 1.19 bits per heavy atom. The number of esters is 1. The van der Waals surface area contributed by atoms with Crippen molar-refractivity contribution in [2.45, 2.75) is 19.8 Å². The molecule has 0 saturated heterocycles. The Balaban J connectivity index is 1.42. The van der Waals surface area contributed by atoms with Gasteiger partial charge >= 0.3 is 11.7 Å². The van der Waals surface area contributed by atoms with Crippen LogP contribution in [-0.4, -0.2) is 39.5 Å². The van der Waals surface area contributed by atoms with Crippen LogP contribution >= 0.6 is 0 Å². The molecular formula is C22H20N4O6. The standard InChI is InChI=1S/C22H20N4O6/c1-14-12-23-22(29)25(14)17-6-4-15(5-7-17)21(28)32-13-20(27)24-10-2-3-16-11-18(26(30)31)8-9-19(16)24/h4-9,11-12H,2-3,10,13H2,1H3,(H,23,29). The Morgan fingerprint density at radius 3 is 2.59 bits per heavy atom. The van der Waals surface area contributed by atoms with E-state index in [1.807, 2.05) is 0 Å². The van der Waals surface area contributed by atoms with Crippen LogP contribution in [0.4, 0.5) is 11.4 Å². The van der Waals surface area contributed by atoms with E-state index in [0.29, 0.717) is 30.8 Å². The van der Waals surface area contributed by atoms with Gasteiger partial charge in [0.1, 0.15) is 0 Å². The van der Waals surface area contributed by atoms with Crippen molar-refractivity contribution in [1.82, 2.24) is 9.55 Å². The van der Waals surface area contributed by atoms with Gasteiger partial charge < -0.3 is 14.6 Å². The van der Waals surface area contributed by atoms with Gasteiger partial charge in [0.2, 0.25) is 0 Å². The number of rotatable bonds is 5. The molecule has 0 unspecified atom stereocenters. The molecule has 32 heavy (non-hydrogen) atoms. The van der Waals surface area contributed by atoms with Crippen LogP contribution in [0.15, 0.2) is 53.5 Å². The van der Waals surface area contributed by atoms with Crippen molar-refractivity contribution in [2.24, 2.45) is 0 Å². The minimum absolute atomic E-state index is 0.0231. The zero-order chi connectivity index (χ0) is 22.8. The summed E-state index contributed by atoms with van der Waals surface area (Å²) in [6.45, 7) is 1.77. The summed E-state index contributed by atoms with van der Waals surface area (Å²) in [5.74, 6) is -1.07. The maximum atomic E-state index is 12.7. The number of carbonyl (C=O) groups is 2. The molecule has 0 fully saturated rings. The average molecular weight is 436 g/mol. The predicted octanol–water partition coefficient (Wildman–Crippen LogP) is 2.52. The van der Waals surface area contributed by atoms with Gasteiger partial charge in [-0.1, -0.05) is 0 Å². The second-order valence-electron chi connectivity index (χ2n) is 7.41. The largest absolute Gasteiger partial charge is 0.452 e. The van der Waals surface area contributed by atoms with Crippen LogP contribution in [0.3, 0.4) is 0 Å². The fourth-order valence-electron chi connectivity index (χ4n) is 3.77. The number of aromatic amines is 1. The number of nitrogens with zero attached hydrogens (tertiary/aromatic N) is 3. The molecule has 0 atom stereocenters. The Bertz CT molecular complexity index is 1260. The Labute approximate surface area is 182 Å². The SMILES string of the molecule is Cc1c[nH]c(=O)n1-c1ccc(C(=O)OCC(=O)N2CCCc3cc([N+](=O)[O-])ccc32)cc1. The number of ether oxygens (including phenoxy) is 1. The Kier molecular flexibility index (Phi) is 5.59. The van der Waals surface area contributed by atoms with E-state index in [0.717, 1.165) is 11.3 Å². The van der Waals surface area contributed by atoms with Crippen molar-refractivity contribution < 1.29 is 19.2 Å². The average Bonchev–Trinajstić information content (AvgIpc) is 3.14. The number of nitro benzene ring substituents is 1. The third-order valence-electron chi connectivity index (χ3n) is 5.34. The summed E-state index contributed by atoms with van der Waals surface area (Å²) in [5.41, 5.74) is 2.58. The number of carbonyl (C=O) groups excluding carboxylic acids is 2. The van der Waals surface area contributed by atoms with Gasteiger partial charge in [-0.2, -0.15) is 0 Å². The molecule has 2 heterocycles. The molecule has 2 aromatic carbocycles. The molecule has 0 aliphatic carbocycles. The van der Waals surface area contributed by atoms with Gasteiger partial charge in [0.05, 0.1) is 16.2 Å². The number of amides is 1. The maximum Gasteiger partial charge on any atom is 0.338 e. The van der Waals surface area contributed by atoms with E-state index in [1.54, 1.807) is 31.3 Å². The molecule has 1 amide bonds. The molecule has 1 aliphatic heterocycles. The lowest BCUT2D eigenvalue weighted by Crippen LogP contribution is -2.38. The number of anilines is 1. The highest BCUT2D eigenvalue weighted by atomic mass is 16.6. The van der Waals surface area contributed by atoms with Crippen molar-refractivity contribution in [1.29, 1.82) is 0 Å². The molecule has 0 bridgehead atoms. The van der Waals surface area contributed by atoms with Crippen LogP contribution in [0.1, 0.15) is 28.0 Å². The Morgan fingerprint density at radius 2 is 1.94 bits per heavy atom. The number of aryl methyl sites for hydroxylation is 2. The van der Waals surface area contributed by atoms with Crippen LogP contribution in [0.5, 0.6) is 0 Å². The molecule has 0 saturated carbocycles. The van der Waals surface area contributed by atoms with E-state index in [2.05, 4.69) is 4.98 Å². The highest BCUT2D eigenvalue weighted by molar-refractivity contribution is 5.98. The maximum absolute atomic E-state index is 12.7. The van der Waals surface area contributed by atoms with Crippen molar-refractivity contribution in [3.05, 3.63) is 86.1 Å². The molecule has 3 aromatic rings. The first-order valence-electron chi connectivity index (χ1n) is 9.97. The van der Waals surface area contributed by atoms with E-state index >= 15 is 0 Å². The van der Waals surface area contributed by atoms with Crippen molar-refractivity contribution in [2.75, 3.05) is 18.1 Å². The molecule has 4 rings (SSSR count). The number of imidazole rings is 1. The van der Waals surface area contributed by atoms with Gasteiger partial charge in [-0.3, -0.25) is 19.5 Å². The van der Waals surface area contributed by atoms with E-state index in [4.69, 9.17) is 4.74 Å². The number of nitrogens with one attached hydrogen (secondary N) is 1. The molecular weight excluding hydrogens is 416 g/mol. The predicted molar refractivity (Wildman–Crippen MR) is 115 cm³/mol. The minimum Gasteiger partial charge on any atom is -0.452 e. The highest BCUT2D eigenvalue weighted by Gasteiger charge is 2.25. The van der Waals surface area contributed by atoms with Crippen LogP contribution in [0.25, 0.3) is 5.69 Å². The third kappa shape index (κ3) is 4.02. The topological polar surface area (TPSA) is 128 Å². The molecule has 0 spiro atoms. The van der Waals surface area contributed by atoms with E-state index in [1.165, 1.54) is 33.7 Å². The van der Waals surface area contributed by atoms with Crippen LogP contribution < -0.4 is 10.6 Å². The minimum atomic E-state index is -0.663.